The quantitative estimate of drug-likeness (QED) is 0.797. The third kappa shape index (κ3) is 3.09. The number of imidazole rings is 1. The van der Waals surface area contributed by atoms with Gasteiger partial charge >= 0.3 is 0 Å². The number of benzene rings is 2. The fraction of sp³-hybridized carbons (Fsp3) is 0.125. The molecule has 7 heteroatoms. The summed E-state index contributed by atoms with van der Waals surface area (Å²) in [5.41, 5.74) is 2.71. The Hall–Kier alpha value is -2.67. The van der Waals surface area contributed by atoms with Crippen LogP contribution >= 0.6 is 0 Å². The van der Waals surface area contributed by atoms with Crippen LogP contribution in [0.15, 0.2) is 48.5 Å². The maximum atomic E-state index is 11.9. The molecule has 0 aliphatic heterocycles. The van der Waals surface area contributed by atoms with Gasteiger partial charge in [0.1, 0.15) is 5.82 Å². The van der Waals surface area contributed by atoms with E-state index in [1.807, 2.05) is 46.5 Å². The van der Waals surface area contributed by atoms with E-state index in [-0.39, 0.29) is 5.56 Å². The molecule has 6 nitrogen and oxygen atoms in total. The van der Waals surface area contributed by atoms with Crippen LogP contribution in [-0.4, -0.2) is 30.1 Å². The Balaban J connectivity index is 2.08. The second-order valence-electron chi connectivity index (χ2n) is 5.24. The van der Waals surface area contributed by atoms with Crippen molar-refractivity contribution in [2.45, 2.75) is 6.92 Å². The molecule has 0 radical (unpaired) electrons. The van der Waals surface area contributed by atoms with Crippen molar-refractivity contribution in [2.24, 2.45) is 0 Å². The molecule has 118 valence electrons. The number of carbonyl (C=O) groups is 1. The molecule has 3 rings (SSSR count). The van der Waals surface area contributed by atoms with Crippen LogP contribution in [0.3, 0.4) is 0 Å². The highest BCUT2D eigenvalue weighted by Gasteiger charge is 2.14. The van der Waals surface area contributed by atoms with Gasteiger partial charge in [0.05, 0.1) is 17.3 Å². The van der Waals surface area contributed by atoms with Gasteiger partial charge in [0.2, 0.25) is 10.0 Å². The van der Waals surface area contributed by atoms with Crippen molar-refractivity contribution in [2.75, 3.05) is 6.26 Å². The standard InChI is InChI=1S/C16H15N3O3S/c1-11-17-14-10-12(16(20)18-23(2,21)22)8-9-15(14)19(11)13-6-4-3-5-7-13/h3-10H,1-2H3,(H,18,20). The van der Waals surface area contributed by atoms with E-state index in [4.69, 9.17) is 0 Å². The number of para-hydroxylation sites is 1. The van der Waals surface area contributed by atoms with Crippen LogP contribution in [0.4, 0.5) is 0 Å². The van der Waals surface area contributed by atoms with E-state index in [9.17, 15) is 13.2 Å². The number of aryl methyl sites for hydroxylation is 1. The maximum Gasteiger partial charge on any atom is 0.264 e. The van der Waals surface area contributed by atoms with Gasteiger partial charge in [-0.1, -0.05) is 18.2 Å². The first-order valence-corrected chi connectivity index (χ1v) is 8.81. The van der Waals surface area contributed by atoms with Gasteiger partial charge in [-0.05, 0) is 37.3 Å². The summed E-state index contributed by atoms with van der Waals surface area (Å²) in [6.07, 6.45) is 0.942. The van der Waals surface area contributed by atoms with E-state index in [0.29, 0.717) is 5.52 Å². The first-order valence-electron chi connectivity index (χ1n) is 6.92. The molecule has 0 saturated heterocycles. The lowest BCUT2D eigenvalue weighted by Gasteiger charge is -2.07. The predicted octanol–water partition coefficient (Wildman–Crippen LogP) is 2.02. The minimum absolute atomic E-state index is 0.251. The van der Waals surface area contributed by atoms with Gasteiger partial charge in [0, 0.05) is 11.3 Å². The summed E-state index contributed by atoms with van der Waals surface area (Å²) in [5.74, 6) is 0.119. The molecule has 1 amide bonds. The van der Waals surface area contributed by atoms with Crippen LogP contribution in [0.1, 0.15) is 16.2 Å². The van der Waals surface area contributed by atoms with Crippen LogP contribution in [0, 0.1) is 6.92 Å². The highest BCUT2D eigenvalue weighted by Crippen LogP contribution is 2.22. The molecule has 0 atom stereocenters. The lowest BCUT2D eigenvalue weighted by Crippen LogP contribution is -2.29. The number of carbonyl (C=O) groups excluding carboxylic acids is 1. The number of nitrogens with one attached hydrogen (secondary N) is 1. The molecule has 1 heterocycles. The lowest BCUT2D eigenvalue weighted by molar-refractivity contribution is 0.0982. The first-order chi connectivity index (χ1) is 10.8. The number of sulfonamides is 1. The molecular weight excluding hydrogens is 314 g/mol. The highest BCUT2D eigenvalue weighted by molar-refractivity contribution is 7.89. The smallest absolute Gasteiger partial charge is 0.264 e. The Labute approximate surface area is 133 Å². The highest BCUT2D eigenvalue weighted by atomic mass is 32.2. The summed E-state index contributed by atoms with van der Waals surface area (Å²) in [7, 11) is -3.60. The van der Waals surface area contributed by atoms with Gasteiger partial charge in [-0.2, -0.15) is 0 Å². The summed E-state index contributed by atoms with van der Waals surface area (Å²) < 4.78 is 26.3. The van der Waals surface area contributed by atoms with Crippen molar-refractivity contribution < 1.29 is 13.2 Å². The number of nitrogens with zero attached hydrogens (tertiary/aromatic N) is 2. The van der Waals surface area contributed by atoms with Crippen molar-refractivity contribution in [3.8, 4) is 5.69 Å². The normalized spacial score (nSPS) is 11.6. The zero-order valence-electron chi connectivity index (χ0n) is 12.6. The number of aromatic nitrogens is 2. The molecule has 23 heavy (non-hydrogen) atoms. The number of hydrogen-bond donors (Lipinski definition) is 1. The SMILES string of the molecule is Cc1nc2cc(C(=O)NS(C)(=O)=O)ccc2n1-c1ccccc1. The molecule has 0 aliphatic carbocycles. The molecule has 2 aromatic carbocycles. The third-order valence-corrected chi connectivity index (χ3v) is 3.93. The van der Waals surface area contributed by atoms with E-state index in [1.54, 1.807) is 18.2 Å². The van der Waals surface area contributed by atoms with Crippen LogP contribution in [0.2, 0.25) is 0 Å². The summed E-state index contributed by atoms with van der Waals surface area (Å²) in [4.78, 5) is 16.4. The zero-order chi connectivity index (χ0) is 16.6. The molecule has 0 fully saturated rings. The molecule has 3 aromatic rings. The van der Waals surface area contributed by atoms with Crippen LogP contribution in [0.25, 0.3) is 16.7 Å². The van der Waals surface area contributed by atoms with Crippen LogP contribution in [0.5, 0.6) is 0 Å². The monoisotopic (exact) mass is 329 g/mol. The molecular formula is C16H15N3O3S. The Morgan fingerprint density at radius 2 is 1.83 bits per heavy atom. The van der Waals surface area contributed by atoms with E-state index >= 15 is 0 Å². The summed E-state index contributed by atoms with van der Waals surface area (Å²) in [6, 6.07) is 14.7. The topological polar surface area (TPSA) is 81.1 Å². The first kappa shape index (κ1) is 15.2. The summed E-state index contributed by atoms with van der Waals surface area (Å²) >= 11 is 0. The molecule has 0 unspecified atom stereocenters. The average molecular weight is 329 g/mol. The van der Waals surface area contributed by atoms with Gasteiger partial charge in [-0.3, -0.25) is 9.36 Å². The molecule has 1 N–H and O–H groups in total. The summed E-state index contributed by atoms with van der Waals surface area (Å²) in [6.45, 7) is 1.88. The Bertz CT molecular complexity index is 992. The van der Waals surface area contributed by atoms with Crippen molar-refractivity contribution in [3.05, 3.63) is 59.9 Å². The zero-order valence-corrected chi connectivity index (χ0v) is 13.5. The van der Waals surface area contributed by atoms with Crippen molar-refractivity contribution in [3.63, 3.8) is 0 Å². The van der Waals surface area contributed by atoms with E-state index in [1.165, 1.54) is 0 Å². The Kier molecular flexibility index (Phi) is 3.65. The second kappa shape index (κ2) is 5.51. The molecule has 0 saturated carbocycles. The minimum atomic E-state index is -3.60. The minimum Gasteiger partial charge on any atom is -0.297 e. The fourth-order valence-corrected chi connectivity index (χ4v) is 2.93. The van der Waals surface area contributed by atoms with Crippen molar-refractivity contribution in [1.29, 1.82) is 0 Å². The largest absolute Gasteiger partial charge is 0.297 e. The third-order valence-electron chi connectivity index (χ3n) is 3.38. The van der Waals surface area contributed by atoms with Gasteiger partial charge in [-0.15, -0.1) is 0 Å². The lowest BCUT2D eigenvalue weighted by atomic mass is 10.2. The maximum absolute atomic E-state index is 11.9. The van der Waals surface area contributed by atoms with E-state index in [0.717, 1.165) is 23.3 Å². The molecule has 0 bridgehead atoms. The van der Waals surface area contributed by atoms with Crippen LogP contribution in [-0.2, 0) is 10.0 Å². The van der Waals surface area contributed by atoms with Crippen LogP contribution < -0.4 is 4.72 Å². The van der Waals surface area contributed by atoms with E-state index in [2.05, 4.69) is 4.98 Å². The number of fused-ring (bicyclic) bond motifs is 1. The van der Waals surface area contributed by atoms with Gasteiger partial charge in [-0.25, -0.2) is 18.1 Å². The number of hydrogen-bond acceptors (Lipinski definition) is 4. The molecule has 0 aliphatic rings. The van der Waals surface area contributed by atoms with Gasteiger partial charge in [0.25, 0.3) is 5.91 Å². The Morgan fingerprint density at radius 1 is 1.13 bits per heavy atom. The summed E-state index contributed by atoms with van der Waals surface area (Å²) in [5, 5.41) is 0. The number of amides is 1. The molecule has 0 spiro atoms. The van der Waals surface area contributed by atoms with Crippen molar-refractivity contribution in [1.82, 2.24) is 14.3 Å². The number of rotatable bonds is 3. The fourth-order valence-electron chi connectivity index (χ4n) is 2.47. The second-order valence-corrected chi connectivity index (χ2v) is 6.99. The van der Waals surface area contributed by atoms with Gasteiger partial charge < -0.3 is 0 Å². The van der Waals surface area contributed by atoms with E-state index < -0.39 is 15.9 Å². The molecule has 1 aromatic heterocycles. The van der Waals surface area contributed by atoms with Gasteiger partial charge in [0.15, 0.2) is 0 Å². The average Bonchev–Trinajstić information content (AvgIpc) is 2.81. The van der Waals surface area contributed by atoms with Crippen molar-refractivity contribution >= 4 is 27.0 Å². The Morgan fingerprint density at radius 3 is 2.48 bits per heavy atom. The predicted molar refractivity (Wildman–Crippen MR) is 88.1 cm³/mol.